The molecule has 0 fully saturated rings. The fraction of sp³-hybridized carbons (Fsp3) is 0.318. The van der Waals surface area contributed by atoms with Crippen LogP contribution in [0.25, 0.3) is 11.3 Å². The number of methoxy groups -OCH3 is 2. The molecule has 0 aliphatic heterocycles. The Labute approximate surface area is 164 Å². The molecule has 0 saturated carbocycles. The second-order valence-corrected chi connectivity index (χ2v) is 7.42. The molecule has 3 aromatic rings. The van der Waals surface area contributed by atoms with Crippen LogP contribution in [0.1, 0.15) is 24.5 Å². The first-order chi connectivity index (χ1) is 13.0. The number of rotatable bonds is 6. The SMILES string of the molecule is CCCn1c(-c2cc(OC)ccc2OC)csc1=Nc1cc(C)cc(C)c1. The molecule has 2 aromatic carbocycles. The number of hydrogen-bond donors (Lipinski definition) is 0. The van der Waals surface area contributed by atoms with Gasteiger partial charge in [-0.15, -0.1) is 11.3 Å². The van der Waals surface area contributed by atoms with Gasteiger partial charge in [0.2, 0.25) is 0 Å². The minimum atomic E-state index is 0.813. The lowest BCUT2D eigenvalue weighted by molar-refractivity contribution is 0.404. The van der Waals surface area contributed by atoms with E-state index in [-0.39, 0.29) is 0 Å². The molecule has 3 rings (SSSR count). The molecule has 27 heavy (non-hydrogen) atoms. The molecule has 0 amide bonds. The summed E-state index contributed by atoms with van der Waals surface area (Å²) in [6.07, 6.45) is 1.02. The molecule has 0 N–H and O–H groups in total. The van der Waals surface area contributed by atoms with E-state index in [0.29, 0.717) is 0 Å². The average Bonchev–Trinajstić information content (AvgIpc) is 3.03. The first-order valence-corrected chi connectivity index (χ1v) is 9.97. The van der Waals surface area contributed by atoms with Crippen LogP contribution >= 0.6 is 11.3 Å². The van der Waals surface area contributed by atoms with Crippen LogP contribution in [0.4, 0.5) is 5.69 Å². The predicted molar refractivity (Wildman–Crippen MR) is 112 cm³/mol. The lowest BCUT2D eigenvalue weighted by Crippen LogP contribution is -2.15. The highest BCUT2D eigenvalue weighted by Gasteiger charge is 2.14. The van der Waals surface area contributed by atoms with E-state index < -0.39 is 0 Å². The summed E-state index contributed by atoms with van der Waals surface area (Å²) in [4.78, 5) is 5.92. The maximum absolute atomic E-state index is 5.60. The van der Waals surface area contributed by atoms with Gasteiger partial charge >= 0.3 is 0 Å². The number of thiazole rings is 1. The molecule has 142 valence electrons. The second kappa shape index (κ2) is 8.44. The summed E-state index contributed by atoms with van der Waals surface area (Å²) in [6.45, 7) is 7.28. The van der Waals surface area contributed by atoms with Gasteiger partial charge in [-0.3, -0.25) is 0 Å². The third-order valence-corrected chi connectivity index (χ3v) is 5.22. The molecule has 0 radical (unpaired) electrons. The average molecular weight is 383 g/mol. The van der Waals surface area contributed by atoms with Gasteiger partial charge in [0.1, 0.15) is 11.5 Å². The summed E-state index contributed by atoms with van der Waals surface area (Å²) in [6, 6.07) is 12.3. The van der Waals surface area contributed by atoms with Crippen molar-refractivity contribution in [2.45, 2.75) is 33.7 Å². The molecule has 0 saturated heterocycles. The summed E-state index contributed by atoms with van der Waals surface area (Å²) < 4.78 is 13.3. The molecule has 0 aliphatic carbocycles. The van der Waals surface area contributed by atoms with Gasteiger partial charge in [0, 0.05) is 17.5 Å². The van der Waals surface area contributed by atoms with E-state index >= 15 is 0 Å². The van der Waals surface area contributed by atoms with Crippen molar-refractivity contribution in [3.63, 3.8) is 0 Å². The fourth-order valence-electron chi connectivity index (χ4n) is 3.21. The molecular weight excluding hydrogens is 356 g/mol. The molecule has 0 atom stereocenters. The van der Waals surface area contributed by atoms with Crippen molar-refractivity contribution in [2.24, 2.45) is 4.99 Å². The Morgan fingerprint density at radius 2 is 1.74 bits per heavy atom. The topological polar surface area (TPSA) is 35.8 Å². The Hall–Kier alpha value is -2.53. The first kappa shape index (κ1) is 19.2. The van der Waals surface area contributed by atoms with Crippen LogP contribution in [0.5, 0.6) is 11.5 Å². The summed E-state index contributed by atoms with van der Waals surface area (Å²) >= 11 is 1.65. The van der Waals surface area contributed by atoms with Crippen LogP contribution in [0.3, 0.4) is 0 Å². The Morgan fingerprint density at radius 3 is 2.37 bits per heavy atom. The maximum Gasteiger partial charge on any atom is 0.190 e. The largest absolute Gasteiger partial charge is 0.497 e. The lowest BCUT2D eigenvalue weighted by atomic mass is 10.1. The number of nitrogens with zero attached hydrogens (tertiary/aromatic N) is 2. The number of aryl methyl sites for hydroxylation is 2. The summed E-state index contributed by atoms with van der Waals surface area (Å²) in [5.41, 5.74) is 5.55. The Morgan fingerprint density at radius 1 is 1.00 bits per heavy atom. The minimum absolute atomic E-state index is 0.813. The van der Waals surface area contributed by atoms with Gasteiger partial charge in [-0.1, -0.05) is 13.0 Å². The quantitative estimate of drug-likeness (QED) is 0.565. The van der Waals surface area contributed by atoms with E-state index in [0.717, 1.165) is 46.2 Å². The smallest absolute Gasteiger partial charge is 0.190 e. The highest BCUT2D eigenvalue weighted by molar-refractivity contribution is 7.07. The number of hydrogen-bond acceptors (Lipinski definition) is 4. The molecular formula is C22H26N2O2S. The van der Waals surface area contributed by atoms with Gasteiger partial charge in [0.05, 0.1) is 25.6 Å². The fourth-order valence-corrected chi connectivity index (χ4v) is 4.16. The highest BCUT2D eigenvalue weighted by atomic mass is 32.1. The van der Waals surface area contributed by atoms with Crippen molar-refractivity contribution in [2.75, 3.05) is 14.2 Å². The van der Waals surface area contributed by atoms with Gasteiger partial charge in [-0.25, -0.2) is 4.99 Å². The van der Waals surface area contributed by atoms with Crippen LogP contribution < -0.4 is 14.3 Å². The zero-order chi connectivity index (χ0) is 19.4. The van der Waals surface area contributed by atoms with Gasteiger partial charge in [-0.05, 0) is 61.7 Å². The molecule has 0 spiro atoms. The predicted octanol–water partition coefficient (Wildman–Crippen LogP) is 5.49. The Balaban J connectivity index is 2.18. The molecule has 1 aromatic heterocycles. The van der Waals surface area contributed by atoms with E-state index in [1.807, 2.05) is 18.2 Å². The van der Waals surface area contributed by atoms with E-state index in [9.17, 15) is 0 Å². The molecule has 0 bridgehead atoms. The van der Waals surface area contributed by atoms with Crippen LogP contribution in [-0.2, 0) is 6.54 Å². The van der Waals surface area contributed by atoms with Crippen LogP contribution in [0.2, 0.25) is 0 Å². The van der Waals surface area contributed by atoms with Gasteiger partial charge in [0.25, 0.3) is 0 Å². The van der Waals surface area contributed by atoms with Crippen molar-refractivity contribution in [3.8, 4) is 22.8 Å². The molecule has 1 heterocycles. The van der Waals surface area contributed by atoms with E-state index in [1.54, 1.807) is 25.6 Å². The Kier molecular flexibility index (Phi) is 6.01. The first-order valence-electron chi connectivity index (χ1n) is 9.09. The summed E-state index contributed by atoms with van der Waals surface area (Å²) in [7, 11) is 3.38. The standard InChI is InChI=1S/C22H26N2O2S/c1-6-9-24-20(19-13-18(25-4)7-8-21(19)26-5)14-27-22(24)23-17-11-15(2)10-16(3)12-17/h7-8,10-14H,6,9H2,1-5H3. The molecule has 0 unspecified atom stereocenters. The summed E-state index contributed by atoms with van der Waals surface area (Å²) in [5, 5.41) is 2.15. The van der Waals surface area contributed by atoms with Gasteiger partial charge in [-0.2, -0.15) is 0 Å². The summed E-state index contributed by atoms with van der Waals surface area (Å²) in [5.74, 6) is 1.64. The van der Waals surface area contributed by atoms with Crippen LogP contribution in [-0.4, -0.2) is 18.8 Å². The normalized spacial score (nSPS) is 11.7. The third-order valence-electron chi connectivity index (χ3n) is 4.36. The highest BCUT2D eigenvalue weighted by Crippen LogP contribution is 2.34. The van der Waals surface area contributed by atoms with Crippen molar-refractivity contribution < 1.29 is 9.47 Å². The van der Waals surface area contributed by atoms with Crippen molar-refractivity contribution in [1.82, 2.24) is 4.57 Å². The zero-order valence-electron chi connectivity index (χ0n) is 16.6. The Bertz CT molecular complexity index is 982. The van der Waals surface area contributed by atoms with Crippen LogP contribution in [0.15, 0.2) is 46.8 Å². The van der Waals surface area contributed by atoms with Gasteiger partial charge < -0.3 is 14.0 Å². The monoisotopic (exact) mass is 382 g/mol. The molecule has 4 nitrogen and oxygen atoms in total. The van der Waals surface area contributed by atoms with Crippen molar-refractivity contribution in [1.29, 1.82) is 0 Å². The van der Waals surface area contributed by atoms with E-state index in [4.69, 9.17) is 14.5 Å². The van der Waals surface area contributed by atoms with Crippen molar-refractivity contribution in [3.05, 3.63) is 57.7 Å². The van der Waals surface area contributed by atoms with E-state index in [1.165, 1.54) is 11.1 Å². The van der Waals surface area contributed by atoms with Crippen molar-refractivity contribution >= 4 is 17.0 Å². The van der Waals surface area contributed by atoms with Gasteiger partial charge in [0.15, 0.2) is 4.80 Å². The zero-order valence-corrected chi connectivity index (χ0v) is 17.4. The minimum Gasteiger partial charge on any atom is -0.497 e. The van der Waals surface area contributed by atoms with Crippen LogP contribution in [0, 0.1) is 13.8 Å². The molecule has 0 aliphatic rings. The maximum atomic E-state index is 5.60. The lowest BCUT2D eigenvalue weighted by Gasteiger charge is -2.13. The van der Waals surface area contributed by atoms with E-state index in [2.05, 4.69) is 48.9 Å². The third kappa shape index (κ3) is 4.25. The number of ether oxygens (including phenoxy) is 2. The number of benzene rings is 2. The number of aromatic nitrogens is 1. The molecule has 5 heteroatoms. The second-order valence-electron chi connectivity index (χ2n) is 6.58.